The van der Waals surface area contributed by atoms with E-state index in [2.05, 4.69) is 9.71 Å². The van der Waals surface area contributed by atoms with E-state index in [9.17, 15) is 22.4 Å². The van der Waals surface area contributed by atoms with E-state index in [1.165, 1.54) is 34.1 Å². The van der Waals surface area contributed by atoms with Gasteiger partial charge in [0.2, 0.25) is 15.9 Å². The largest absolute Gasteiger partial charge is 0.465 e. The van der Waals surface area contributed by atoms with Crippen LogP contribution in [-0.2, 0) is 14.8 Å². The predicted octanol–water partition coefficient (Wildman–Crippen LogP) is 2.46. The zero-order valence-corrected chi connectivity index (χ0v) is 18.4. The summed E-state index contributed by atoms with van der Waals surface area (Å²) in [5.74, 6) is -0.571. The topological polar surface area (TPSA) is 123 Å². The van der Waals surface area contributed by atoms with Crippen molar-refractivity contribution in [1.29, 1.82) is 0 Å². The van der Waals surface area contributed by atoms with Crippen molar-refractivity contribution in [2.24, 2.45) is 0 Å². The van der Waals surface area contributed by atoms with Gasteiger partial charge in [-0.3, -0.25) is 4.79 Å². The monoisotopic (exact) mass is 474 g/mol. The summed E-state index contributed by atoms with van der Waals surface area (Å²) in [5, 5.41) is 9.79. The van der Waals surface area contributed by atoms with E-state index in [0.717, 1.165) is 16.5 Å². The van der Waals surface area contributed by atoms with Crippen molar-refractivity contribution in [3.8, 4) is 11.1 Å². The molecule has 174 valence electrons. The number of amides is 2. The molecule has 4 rings (SSSR count). The number of piperazine rings is 1. The first-order valence-electron chi connectivity index (χ1n) is 10.4. The number of rotatable bonds is 6. The molecule has 1 fully saturated rings. The van der Waals surface area contributed by atoms with Gasteiger partial charge >= 0.3 is 6.09 Å². The fraction of sp³-hybridized carbons (Fsp3) is 0.273. The Morgan fingerprint density at radius 2 is 1.70 bits per heavy atom. The summed E-state index contributed by atoms with van der Waals surface area (Å²) in [7, 11) is -3.80. The van der Waals surface area contributed by atoms with Gasteiger partial charge in [-0.2, -0.15) is 0 Å². The van der Waals surface area contributed by atoms with E-state index in [1.54, 1.807) is 24.4 Å². The van der Waals surface area contributed by atoms with Gasteiger partial charge in [-0.15, -0.1) is 0 Å². The van der Waals surface area contributed by atoms with E-state index >= 15 is 0 Å². The number of nitrogens with zero attached hydrogens (tertiary/aromatic N) is 2. The first kappa shape index (κ1) is 22.7. The van der Waals surface area contributed by atoms with Crippen LogP contribution in [-0.4, -0.2) is 73.0 Å². The lowest BCUT2D eigenvalue weighted by Gasteiger charge is -2.33. The molecular formula is C22H23FN4O5S. The molecule has 0 radical (unpaired) electrons. The molecule has 2 aromatic carbocycles. The molecule has 0 unspecified atom stereocenters. The molecular weight excluding hydrogens is 451 g/mol. The average Bonchev–Trinajstić information content (AvgIpc) is 3.22. The van der Waals surface area contributed by atoms with Crippen molar-refractivity contribution >= 4 is 32.9 Å². The molecule has 2 amide bonds. The molecule has 2 heterocycles. The number of halogens is 1. The van der Waals surface area contributed by atoms with Gasteiger partial charge in [-0.1, -0.05) is 12.1 Å². The number of carbonyl (C=O) groups excluding carboxylic acids is 1. The summed E-state index contributed by atoms with van der Waals surface area (Å²) in [6.07, 6.45) is 0.712. The third-order valence-electron chi connectivity index (χ3n) is 5.65. The van der Waals surface area contributed by atoms with Crippen LogP contribution in [0, 0.1) is 5.82 Å². The lowest BCUT2D eigenvalue weighted by molar-refractivity contribution is -0.132. The zero-order chi connectivity index (χ0) is 23.6. The summed E-state index contributed by atoms with van der Waals surface area (Å²) in [4.78, 5) is 29.1. The summed E-state index contributed by atoms with van der Waals surface area (Å²) in [6.45, 7) is 1.00. The number of sulfonamides is 1. The highest BCUT2D eigenvalue weighted by Crippen LogP contribution is 2.29. The third kappa shape index (κ3) is 4.99. The lowest BCUT2D eigenvalue weighted by Crippen LogP contribution is -2.50. The molecule has 11 heteroatoms. The number of aromatic amines is 1. The highest BCUT2D eigenvalue weighted by molar-refractivity contribution is 7.89. The second kappa shape index (κ2) is 9.20. The van der Waals surface area contributed by atoms with Crippen molar-refractivity contribution in [2.75, 3.05) is 32.7 Å². The maximum absolute atomic E-state index is 13.4. The Labute approximate surface area is 189 Å². The molecule has 0 atom stereocenters. The standard InChI is InChI=1S/C22H23FN4O5S/c23-16-3-6-18-19(14-24-20(18)13-16)15-1-4-17(5-2-15)33(31,32)25-8-7-21(28)26-9-11-27(12-10-26)22(29)30/h1-6,13-14,24-25H,7-12H2,(H,29,30). The number of benzene rings is 2. The SMILES string of the molecule is O=C(O)N1CCN(C(=O)CCNS(=O)(=O)c2ccc(-c3c[nH]c4cc(F)ccc34)cc2)CC1. The van der Waals surface area contributed by atoms with Crippen LogP contribution in [0.15, 0.2) is 53.6 Å². The number of nitrogens with one attached hydrogen (secondary N) is 2. The van der Waals surface area contributed by atoms with Gasteiger partial charge in [-0.05, 0) is 35.9 Å². The second-order valence-electron chi connectivity index (χ2n) is 7.71. The second-order valence-corrected chi connectivity index (χ2v) is 9.48. The Hall–Kier alpha value is -3.44. The smallest absolute Gasteiger partial charge is 0.407 e. The van der Waals surface area contributed by atoms with Crippen LogP contribution in [0.5, 0.6) is 0 Å². The van der Waals surface area contributed by atoms with Gasteiger partial charge in [0, 0.05) is 61.8 Å². The molecule has 0 bridgehead atoms. The number of hydrogen-bond acceptors (Lipinski definition) is 4. The predicted molar refractivity (Wildman–Crippen MR) is 120 cm³/mol. The number of carboxylic acid groups (broad SMARTS) is 1. The first-order chi connectivity index (χ1) is 15.7. The summed E-state index contributed by atoms with van der Waals surface area (Å²) in [6, 6.07) is 10.7. The fourth-order valence-electron chi connectivity index (χ4n) is 3.83. The molecule has 9 nitrogen and oxygen atoms in total. The van der Waals surface area contributed by atoms with Crippen molar-refractivity contribution < 1.29 is 27.5 Å². The minimum absolute atomic E-state index is 0.0176. The van der Waals surface area contributed by atoms with Crippen LogP contribution >= 0.6 is 0 Å². The van der Waals surface area contributed by atoms with Crippen molar-refractivity contribution in [3.05, 3.63) is 54.5 Å². The van der Waals surface area contributed by atoms with E-state index in [0.29, 0.717) is 18.6 Å². The Morgan fingerprint density at radius 3 is 2.36 bits per heavy atom. The molecule has 0 spiro atoms. The Balaban J connectivity index is 1.35. The van der Waals surface area contributed by atoms with Crippen LogP contribution in [0.3, 0.4) is 0 Å². The van der Waals surface area contributed by atoms with Gasteiger partial charge in [0.1, 0.15) is 5.82 Å². The quantitative estimate of drug-likeness (QED) is 0.507. The van der Waals surface area contributed by atoms with Crippen molar-refractivity contribution in [2.45, 2.75) is 11.3 Å². The maximum atomic E-state index is 13.4. The molecule has 3 N–H and O–H groups in total. The molecule has 33 heavy (non-hydrogen) atoms. The minimum Gasteiger partial charge on any atom is -0.465 e. The number of aromatic nitrogens is 1. The molecule has 1 aromatic heterocycles. The Kier molecular flexibility index (Phi) is 6.34. The number of fused-ring (bicyclic) bond motifs is 1. The van der Waals surface area contributed by atoms with Crippen LogP contribution in [0.25, 0.3) is 22.0 Å². The van der Waals surface area contributed by atoms with Crippen LogP contribution in [0.4, 0.5) is 9.18 Å². The van der Waals surface area contributed by atoms with E-state index in [1.807, 2.05) is 0 Å². The summed E-state index contributed by atoms with van der Waals surface area (Å²) < 4.78 is 41.0. The van der Waals surface area contributed by atoms with Gasteiger partial charge in [0.15, 0.2) is 0 Å². The molecule has 0 saturated carbocycles. The molecule has 1 aliphatic rings. The van der Waals surface area contributed by atoms with Crippen LogP contribution in [0.2, 0.25) is 0 Å². The highest BCUT2D eigenvalue weighted by atomic mass is 32.2. The normalized spacial score (nSPS) is 14.6. The Bertz CT molecular complexity index is 1280. The molecule has 1 aliphatic heterocycles. The van der Waals surface area contributed by atoms with Crippen molar-refractivity contribution in [1.82, 2.24) is 19.5 Å². The van der Waals surface area contributed by atoms with Gasteiger partial charge in [-0.25, -0.2) is 22.3 Å². The van der Waals surface area contributed by atoms with Gasteiger partial charge in [0.25, 0.3) is 0 Å². The van der Waals surface area contributed by atoms with E-state index in [4.69, 9.17) is 5.11 Å². The molecule has 3 aromatic rings. The maximum Gasteiger partial charge on any atom is 0.407 e. The average molecular weight is 475 g/mol. The first-order valence-corrected chi connectivity index (χ1v) is 11.9. The third-order valence-corrected chi connectivity index (χ3v) is 7.13. The molecule has 0 aliphatic carbocycles. The summed E-state index contributed by atoms with van der Waals surface area (Å²) >= 11 is 0. The van der Waals surface area contributed by atoms with Crippen molar-refractivity contribution in [3.63, 3.8) is 0 Å². The fourth-order valence-corrected chi connectivity index (χ4v) is 4.86. The molecule has 1 saturated heterocycles. The number of hydrogen-bond donors (Lipinski definition) is 3. The van der Waals surface area contributed by atoms with Gasteiger partial charge in [0.05, 0.1) is 4.90 Å². The number of carbonyl (C=O) groups is 2. The van der Waals surface area contributed by atoms with Crippen LogP contribution < -0.4 is 4.72 Å². The van der Waals surface area contributed by atoms with E-state index in [-0.39, 0.29) is 42.7 Å². The lowest BCUT2D eigenvalue weighted by atomic mass is 10.1. The Morgan fingerprint density at radius 1 is 1.03 bits per heavy atom. The van der Waals surface area contributed by atoms with Gasteiger partial charge < -0.3 is 19.9 Å². The van der Waals surface area contributed by atoms with E-state index < -0.39 is 16.1 Å². The zero-order valence-electron chi connectivity index (χ0n) is 17.6. The minimum atomic E-state index is -3.80. The summed E-state index contributed by atoms with van der Waals surface area (Å²) in [5.41, 5.74) is 2.26. The highest BCUT2D eigenvalue weighted by Gasteiger charge is 2.24. The number of H-pyrrole nitrogens is 1. The van der Waals surface area contributed by atoms with Crippen LogP contribution in [0.1, 0.15) is 6.42 Å².